The molecule has 0 bridgehead atoms. The van der Waals surface area contributed by atoms with E-state index in [9.17, 15) is 11.0 Å². The van der Waals surface area contributed by atoms with Crippen molar-refractivity contribution in [3.63, 3.8) is 0 Å². The fourth-order valence-corrected chi connectivity index (χ4v) is 9.07. The Bertz CT molecular complexity index is 4360. The van der Waals surface area contributed by atoms with Gasteiger partial charge in [-0.1, -0.05) is 145 Å². The molecule has 7 aromatic carbocycles. The van der Waals surface area contributed by atoms with Crippen LogP contribution in [0.15, 0.2) is 207 Å². The van der Waals surface area contributed by atoms with Gasteiger partial charge in [-0.25, -0.2) is 4.98 Å². The zero-order chi connectivity index (χ0) is 59.8. The van der Waals surface area contributed by atoms with Gasteiger partial charge in [-0.2, -0.15) is 0 Å². The number of nitrogens with zero attached hydrogens (tertiary/aromatic N) is 5. The predicted molar refractivity (Wildman–Crippen MR) is 290 cm³/mol. The minimum absolute atomic E-state index is 0. The molecular formula is C66H48IrN5. The molecule has 346 valence electrons. The standard InChI is InChI=1S/C66H48N5.Ir/c1-44-66-64-59(52-32-30-51(31-33-52)50-12-4-3-5-13-50)36-39-69-65(64)60-35-34-55(43-63(60)71(66)45(2)70-44)57-14-6-7-15-58(57)56-41-48(20-18-46-22-26-53(27-23-46)61-16-8-10-37-67-61)40-49(42-56)21-19-47-24-28-54(29-25-47)62-17-9-11-38-68-62;/h3-17,22-26,28,30-34,36-43H,18-21H2,1-2H3;/q-3;+3/i1D3,2D3,18D2,19D2,20D2,21D2;. The van der Waals surface area contributed by atoms with E-state index in [0.717, 1.165) is 11.1 Å². The van der Waals surface area contributed by atoms with Gasteiger partial charge in [-0.05, 0) is 117 Å². The van der Waals surface area contributed by atoms with Crippen LogP contribution in [0.1, 0.15) is 53.0 Å². The van der Waals surface area contributed by atoms with Crippen LogP contribution >= 0.6 is 0 Å². The van der Waals surface area contributed by atoms with Crippen LogP contribution in [0.25, 0.3) is 94.3 Å². The fraction of sp³-hybridized carbons (Fsp3) is 0.0909. The monoisotopic (exact) mass is 1120 g/mol. The average molecular weight is 1120 g/mol. The second-order valence-corrected chi connectivity index (χ2v) is 16.9. The smallest absolute Gasteiger partial charge is 0.339 e. The number of imidazole rings is 1. The van der Waals surface area contributed by atoms with Gasteiger partial charge in [0.05, 0.1) is 11.2 Å². The first-order valence-electron chi connectivity index (χ1n) is 29.9. The van der Waals surface area contributed by atoms with Crippen molar-refractivity contribution < 1.29 is 39.3 Å². The summed E-state index contributed by atoms with van der Waals surface area (Å²) in [7, 11) is 0. The summed E-state index contributed by atoms with van der Waals surface area (Å²) in [5.74, 6) is -0.508. The largest absolute Gasteiger partial charge is 3.00 e. The Labute approximate surface area is 454 Å². The second-order valence-electron chi connectivity index (χ2n) is 16.9. The molecule has 72 heavy (non-hydrogen) atoms. The van der Waals surface area contributed by atoms with Crippen molar-refractivity contribution in [2.45, 2.75) is 39.2 Å². The maximum absolute atomic E-state index is 9.73. The minimum Gasteiger partial charge on any atom is -0.339 e. The van der Waals surface area contributed by atoms with E-state index in [2.05, 4.69) is 33.2 Å². The first-order chi connectivity index (χ1) is 40.4. The maximum atomic E-state index is 9.73. The number of fused-ring (bicyclic) bond motifs is 6. The topological polar surface area (TPSA) is 56.0 Å². The van der Waals surface area contributed by atoms with E-state index in [0.29, 0.717) is 66.6 Å². The van der Waals surface area contributed by atoms with Gasteiger partial charge < -0.3 is 19.4 Å². The van der Waals surface area contributed by atoms with Crippen molar-refractivity contribution in [1.29, 1.82) is 0 Å². The summed E-state index contributed by atoms with van der Waals surface area (Å²) in [6, 6.07) is 62.5. The Hall–Kier alpha value is -8.15. The van der Waals surface area contributed by atoms with E-state index >= 15 is 0 Å². The normalized spacial score (nSPS) is 15.3. The zero-order valence-electron chi connectivity index (χ0n) is 52.2. The zero-order valence-corrected chi connectivity index (χ0v) is 40.6. The molecule has 0 saturated carbocycles. The van der Waals surface area contributed by atoms with Crippen molar-refractivity contribution in [2.75, 3.05) is 0 Å². The molecule has 6 heteroatoms. The number of aryl methyl sites for hydroxylation is 6. The Morgan fingerprint density at radius 3 is 1.67 bits per heavy atom. The summed E-state index contributed by atoms with van der Waals surface area (Å²) < 4.78 is 131. The van der Waals surface area contributed by atoms with Gasteiger partial charge in [-0.3, -0.25) is 0 Å². The van der Waals surface area contributed by atoms with Gasteiger partial charge >= 0.3 is 20.1 Å². The molecule has 0 amide bonds. The molecule has 0 atom stereocenters. The fourth-order valence-electron chi connectivity index (χ4n) is 9.07. The predicted octanol–water partition coefficient (Wildman–Crippen LogP) is 15.4. The first kappa shape index (κ1) is 32.7. The summed E-state index contributed by atoms with van der Waals surface area (Å²) in [6.45, 7) is -5.84. The van der Waals surface area contributed by atoms with Crippen molar-refractivity contribution in [3.05, 3.63) is 259 Å². The van der Waals surface area contributed by atoms with Crippen LogP contribution in [0.3, 0.4) is 0 Å². The van der Waals surface area contributed by atoms with E-state index in [1.165, 1.54) is 46.9 Å². The summed E-state index contributed by atoms with van der Waals surface area (Å²) >= 11 is 0. The third kappa shape index (κ3) is 9.19. The SMILES string of the molecule is [2H]C([2H])([2H])c1nc(C([2H])([2H])[2H])n2c3cc(-c4ccccc4-c4cc(C([2H])([2H])C([2H])([2H])c5c[c-]c(-c6ccccn6)cc5)cc(C([2H])([2H])C([2H])([2H])c5c[c-]c(-c6ccccn6)cc5)c4)c[c-]c3c3nccc(-c4ccc(-c5ccccc5)cc4)c3c12.[Ir+3]. The van der Waals surface area contributed by atoms with Gasteiger partial charge in [0.25, 0.3) is 0 Å². The number of rotatable bonds is 12. The quantitative estimate of drug-likeness (QED) is 0.0904. The number of benzene rings is 7. The van der Waals surface area contributed by atoms with Crippen LogP contribution < -0.4 is 0 Å². The summed E-state index contributed by atoms with van der Waals surface area (Å²) in [6.07, 6.45) is -6.64. The minimum atomic E-state index is -2.94. The number of aromatic nitrogens is 5. The van der Waals surface area contributed by atoms with Crippen molar-refractivity contribution >= 4 is 27.3 Å². The van der Waals surface area contributed by atoms with Gasteiger partial charge in [0.2, 0.25) is 0 Å². The molecule has 0 aliphatic rings. The molecule has 0 unspecified atom stereocenters. The summed E-state index contributed by atoms with van der Waals surface area (Å²) in [5, 5.41) is 0.690. The van der Waals surface area contributed by atoms with Crippen molar-refractivity contribution in [2.24, 2.45) is 0 Å². The molecule has 0 aliphatic carbocycles. The Morgan fingerprint density at radius 1 is 0.472 bits per heavy atom. The third-order valence-electron chi connectivity index (χ3n) is 12.5. The van der Waals surface area contributed by atoms with Crippen LogP contribution in [0, 0.1) is 31.9 Å². The molecular weight excluding hydrogens is 1050 g/mol. The summed E-state index contributed by atoms with van der Waals surface area (Å²) in [5.41, 5.74) is 6.21. The van der Waals surface area contributed by atoms with Crippen LogP contribution in [-0.2, 0) is 45.6 Å². The molecule has 0 N–H and O–H groups in total. The number of hydrogen-bond acceptors (Lipinski definition) is 4. The Balaban J connectivity index is 0.00000768. The van der Waals surface area contributed by atoms with Gasteiger partial charge in [0.1, 0.15) is 5.82 Å². The van der Waals surface area contributed by atoms with Crippen molar-refractivity contribution in [1.82, 2.24) is 24.3 Å². The van der Waals surface area contributed by atoms with Crippen LogP contribution in [-0.4, -0.2) is 24.3 Å². The van der Waals surface area contributed by atoms with Crippen LogP contribution in [0.2, 0.25) is 0 Å². The number of hydrogen-bond donors (Lipinski definition) is 0. The second kappa shape index (κ2) is 20.3. The third-order valence-corrected chi connectivity index (χ3v) is 12.5. The molecule has 0 spiro atoms. The van der Waals surface area contributed by atoms with E-state index in [1.54, 1.807) is 110 Å². The first-order valence-corrected chi connectivity index (χ1v) is 22.9. The molecule has 12 aromatic rings. The maximum Gasteiger partial charge on any atom is 3.00 e. The average Bonchev–Trinajstić information content (AvgIpc) is 1.43. The molecule has 5 nitrogen and oxygen atoms in total. The van der Waals surface area contributed by atoms with Gasteiger partial charge in [-0.15, -0.1) is 94.4 Å². The molecule has 0 fully saturated rings. The molecule has 12 rings (SSSR count). The van der Waals surface area contributed by atoms with Crippen molar-refractivity contribution in [3.8, 4) is 67.0 Å². The molecule has 0 saturated heterocycles. The number of pyridine rings is 4. The molecule has 0 aliphatic heterocycles. The van der Waals surface area contributed by atoms with E-state index in [4.69, 9.17) is 13.2 Å². The van der Waals surface area contributed by atoms with Crippen LogP contribution in [0.5, 0.6) is 0 Å². The van der Waals surface area contributed by atoms with Crippen LogP contribution in [0.4, 0.5) is 0 Å². The van der Waals surface area contributed by atoms with Gasteiger partial charge in [0.15, 0.2) is 0 Å². The van der Waals surface area contributed by atoms with E-state index in [1.807, 2.05) is 54.6 Å². The van der Waals surface area contributed by atoms with E-state index < -0.39 is 50.7 Å². The summed E-state index contributed by atoms with van der Waals surface area (Å²) in [4.78, 5) is 18.0. The Kier molecular flexibility index (Phi) is 9.21. The molecule has 5 heterocycles. The van der Waals surface area contributed by atoms with Gasteiger partial charge in [0, 0.05) is 37.8 Å². The molecule has 5 aromatic heterocycles. The Morgan fingerprint density at radius 2 is 1.07 bits per heavy atom. The van der Waals surface area contributed by atoms with E-state index in [-0.39, 0.29) is 59.0 Å². The molecule has 0 radical (unpaired) electrons.